The van der Waals surface area contributed by atoms with Crippen LogP contribution in [0.2, 0.25) is 0 Å². The molecule has 0 atom stereocenters. The molecule has 1 heterocycles. The third-order valence-electron chi connectivity index (χ3n) is 4.04. The van der Waals surface area contributed by atoms with Crippen LogP contribution in [-0.4, -0.2) is 23.3 Å². The number of thiazole rings is 1. The third-order valence-corrected chi connectivity index (χ3v) is 4.80. The highest BCUT2D eigenvalue weighted by Gasteiger charge is 2.09. The summed E-state index contributed by atoms with van der Waals surface area (Å²) in [7, 11) is 0. The lowest BCUT2D eigenvalue weighted by Crippen LogP contribution is -2.20. The minimum Gasteiger partial charge on any atom is -0.484 e. The van der Waals surface area contributed by atoms with Crippen LogP contribution in [0.5, 0.6) is 5.75 Å². The minimum absolute atomic E-state index is 0.0109. The second-order valence-corrected chi connectivity index (χ2v) is 6.86. The first-order valence-corrected chi connectivity index (χ1v) is 9.51. The summed E-state index contributed by atoms with van der Waals surface area (Å²) < 4.78 is 5.45. The van der Waals surface area contributed by atoms with Crippen LogP contribution in [0.25, 0.3) is 11.3 Å². The molecule has 5 nitrogen and oxygen atoms in total. The van der Waals surface area contributed by atoms with Gasteiger partial charge in [0, 0.05) is 16.5 Å². The van der Waals surface area contributed by atoms with Crippen LogP contribution in [0.15, 0.2) is 53.9 Å². The summed E-state index contributed by atoms with van der Waals surface area (Å²) in [6.45, 7) is 3.49. The number of hydrogen-bond donors (Lipinski definition) is 1. The zero-order valence-corrected chi connectivity index (χ0v) is 16.0. The zero-order chi connectivity index (χ0) is 19.2. The quantitative estimate of drug-likeness (QED) is 0.609. The maximum atomic E-state index is 12.1. The molecule has 3 aromatic rings. The Hall–Kier alpha value is -2.99. The molecule has 27 heavy (non-hydrogen) atoms. The number of hydrogen-bond acceptors (Lipinski definition) is 5. The van der Waals surface area contributed by atoms with Gasteiger partial charge in [0.05, 0.1) is 5.69 Å². The second-order valence-electron chi connectivity index (χ2n) is 6.01. The molecular weight excluding hydrogens is 360 g/mol. The summed E-state index contributed by atoms with van der Waals surface area (Å²) in [5.41, 5.74) is 3.73. The van der Waals surface area contributed by atoms with E-state index < -0.39 is 0 Å². The van der Waals surface area contributed by atoms with Crippen molar-refractivity contribution in [1.82, 2.24) is 4.98 Å². The lowest BCUT2D eigenvalue weighted by atomic mass is 10.1. The molecule has 0 aliphatic heterocycles. The van der Waals surface area contributed by atoms with Crippen molar-refractivity contribution in [1.29, 1.82) is 0 Å². The first-order valence-electron chi connectivity index (χ1n) is 8.63. The van der Waals surface area contributed by atoms with Crippen molar-refractivity contribution < 1.29 is 14.3 Å². The number of carbonyl (C=O) groups is 2. The number of nitrogens with zero attached hydrogens (tertiary/aromatic N) is 1. The van der Waals surface area contributed by atoms with E-state index in [1.54, 1.807) is 24.3 Å². The molecule has 6 heteroatoms. The van der Waals surface area contributed by atoms with Crippen LogP contribution < -0.4 is 10.1 Å². The van der Waals surface area contributed by atoms with E-state index in [1.165, 1.54) is 23.8 Å². The molecule has 138 valence electrons. The van der Waals surface area contributed by atoms with Gasteiger partial charge in [-0.1, -0.05) is 31.2 Å². The maximum Gasteiger partial charge on any atom is 0.264 e. The predicted octanol–water partition coefficient (Wildman–Crippen LogP) is 4.59. The van der Waals surface area contributed by atoms with Crippen LogP contribution in [0.3, 0.4) is 0 Å². The van der Waals surface area contributed by atoms with Crippen LogP contribution in [0.1, 0.15) is 29.8 Å². The molecule has 0 fully saturated rings. The summed E-state index contributed by atoms with van der Waals surface area (Å²) in [5.74, 6) is 0.238. The van der Waals surface area contributed by atoms with Gasteiger partial charge in [-0.3, -0.25) is 14.9 Å². The fourth-order valence-corrected chi connectivity index (χ4v) is 3.20. The molecule has 2 aromatic carbocycles. The number of carbonyl (C=O) groups excluding carboxylic acids is 2. The van der Waals surface area contributed by atoms with Crippen molar-refractivity contribution in [2.24, 2.45) is 0 Å². The van der Waals surface area contributed by atoms with Crippen molar-refractivity contribution in [3.05, 3.63) is 65.0 Å². The van der Waals surface area contributed by atoms with Crippen molar-refractivity contribution >= 4 is 28.2 Å². The van der Waals surface area contributed by atoms with Gasteiger partial charge < -0.3 is 4.74 Å². The molecule has 0 aliphatic carbocycles. The van der Waals surface area contributed by atoms with Gasteiger partial charge in [0.25, 0.3) is 5.91 Å². The Kier molecular flexibility index (Phi) is 5.98. The molecule has 0 saturated heterocycles. The van der Waals surface area contributed by atoms with Crippen LogP contribution in [-0.2, 0) is 11.2 Å². The van der Waals surface area contributed by atoms with Gasteiger partial charge in [-0.2, -0.15) is 0 Å². The molecule has 0 unspecified atom stereocenters. The van der Waals surface area contributed by atoms with E-state index in [9.17, 15) is 9.59 Å². The highest BCUT2D eigenvalue weighted by Crippen LogP contribution is 2.25. The van der Waals surface area contributed by atoms with Gasteiger partial charge in [-0.15, -0.1) is 11.3 Å². The van der Waals surface area contributed by atoms with Gasteiger partial charge in [0.15, 0.2) is 17.5 Å². The molecule has 0 radical (unpaired) electrons. The third kappa shape index (κ3) is 5.01. The standard InChI is InChI=1S/C21H20N2O3S/c1-3-15-4-6-17(7-5-15)19-13-27-21(22-19)23-20(25)12-26-18-10-8-16(9-11-18)14(2)24/h4-11,13H,3,12H2,1-2H3,(H,22,23,25). The normalized spacial score (nSPS) is 10.4. The first-order chi connectivity index (χ1) is 13.0. The maximum absolute atomic E-state index is 12.1. The monoisotopic (exact) mass is 380 g/mol. The largest absolute Gasteiger partial charge is 0.484 e. The summed E-state index contributed by atoms with van der Waals surface area (Å²) in [4.78, 5) is 27.8. The smallest absolute Gasteiger partial charge is 0.264 e. The van der Waals surface area contributed by atoms with E-state index in [4.69, 9.17) is 4.74 Å². The molecule has 3 rings (SSSR count). The highest BCUT2D eigenvalue weighted by molar-refractivity contribution is 7.14. The summed E-state index contributed by atoms with van der Waals surface area (Å²) in [5, 5.41) is 5.19. The van der Waals surface area contributed by atoms with E-state index >= 15 is 0 Å². The Morgan fingerprint density at radius 3 is 2.41 bits per heavy atom. The number of aryl methyl sites for hydroxylation is 1. The Labute approximate surface area is 162 Å². The van der Waals surface area contributed by atoms with E-state index in [-0.39, 0.29) is 18.3 Å². The predicted molar refractivity (Wildman–Crippen MR) is 107 cm³/mol. The molecule has 0 saturated carbocycles. The van der Waals surface area contributed by atoms with Crippen LogP contribution in [0.4, 0.5) is 5.13 Å². The number of ether oxygens (including phenoxy) is 1. The lowest BCUT2D eigenvalue weighted by Gasteiger charge is -2.06. The van der Waals surface area contributed by atoms with Crippen molar-refractivity contribution in [3.8, 4) is 17.0 Å². The van der Waals surface area contributed by atoms with Gasteiger partial charge in [-0.05, 0) is 43.2 Å². The van der Waals surface area contributed by atoms with Gasteiger partial charge in [0.1, 0.15) is 5.75 Å². The molecular formula is C21H20N2O3S. The van der Waals surface area contributed by atoms with E-state index in [0.29, 0.717) is 16.4 Å². The molecule has 0 aliphatic rings. The van der Waals surface area contributed by atoms with Crippen LogP contribution >= 0.6 is 11.3 Å². The highest BCUT2D eigenvalue weighted by atomic mass is 32.1. The molecule has 1 aromatic heterocycles. The number of amides is 1. The van der Waals surface area contributed by atoms with Gasteiger partial charge in [-0.25, -0.2) is 4.98 Å². The molecule has 0 spiro atoms. The number of anilines is 1. The minimum atomic E-state index is -0.284. The first kappa shape index (κ1) is 18.8. The Balaban J connectivity index is 1.55. The van der Waals surface area contributed by atoms with Crippen molar-refractivity contribution in [2.75, 3.05) is 11.9 Å². The van der Waals surface area contributed by atoms with Crippen molar-refractivity contribution in [3.63, 3.8) is 0 Å². The number of benzene rings is 2. The average Bonchev–Trinajstić information content (AvgIpc) is 3.15. The topological polar surface area (TPSA) is 68.3 Å². The fourth-order valence-electron chi connectivity index (χ4n) is 2.47. The molecule has 1 amide bonds. The fraction of sp³-hybridized carbons (Fsp3) is 0.190. The number of aromatic nitrogens is 1. The molecule has 0 bridgehead atoms. The summed E-state index contributed by atoms with van der Waals surface area (Å²) >= 11 is 1.37. The average molecular weight is 380 g/mol. The number of ketones is 1. The number of nitrogens with one attached hydrogen (secondary N) is 1. The number of Topliss-reactive ketones (excluding diaryl/α,β-unsaturated/α-hetero) is 1. The molecule has 1 N–H and O–H groups in total. The number of rotatable bonds is 7. The lowest BCUT2D eigenvalue weighted by molar-refractivity contribution is -0.118. The summed E-state index contributed by atoms with van der Waals surface area (Å²) in [6, 6.07) is 14.9. The Morgan fingerprint density at radius 1 is 1.07 bits per heavy atom. The van der Waals surface area contributed by atoms with Gasteiger partial charge in [0.2, 0.25) is 0 Å². The van der Waals surface area contributed by atoms with Crippen molar-refractivity contribution in [2.45, 2.75) is 20.3 Å². The van der Waals surface area contributed by atoms with E-state index in [0.717, 1.165) is 17.7 Å². The van der Waals surface area contributed by atoms with Crippen LogP contribution in [0, 0.1) is 0 Å². The van der Waals surface area contributed by atoms with Gasteiger partial charge >= 0.3 is 0 Å². The van der Waals surface area contributed by atoms with E-state index in [1.807, 2.05) is 17.5 Å². The second kappa shape index (κ2) is 8.60. The Morgan fingerprint density at radius 2 is 1.78 bits per heavy atom. The Bertz CT molecular complexity index is 931. The van der Waals surface area contributed by atoms with E-state index in [2.05, 4.69) is 29.4 Å². The SMILES string of the molecule is CCc1ccc(-c2csc(NC(=O)COc3ccc(C(C)=O)cc3)n2)cc1. The zero-order valence-electron chi connectivity index (χ0n) is 15.2. The summed E-state index contributed by atoms with van der Waals surface area (Å²) in [6.07, 6.45) is 0.996.